The molecule has 0 radical (unpaired) electrons. The molecule has 0 amide bonds. The summed E-state index contributed by atoms with van der Waals surface area (Å²) in [5, 5.41) is 1.42. The van der Waals surface area contributed by atoms with Crippen molar-refractivity contribution in [3.63, 3.8) is 0 Å². The van der Waals surface area contributed by atoms with Crippen molar-refractivity contribution >= 4 is 21.1 Å². The van der Waals surface area contributed by atoms with E-state index in [4.69, 9.17) is 5.73 Å². The van der Waals surface area contributed by atoms with Gasteiger partial charge in [0.2, 0.25) is 9.84 Å². The Balaban J connectivity index is 1.88. The van der Waals surface area contributed by atoms with Gasteiger partial charge in [0.1, 0.15) is 0 Å². The van der Waals surface area contributed by atoms with Crippen LogP contribution in [0.2, 0.25) is 0 Å². The SMILES string of the molecule is Nc1ccc2c(c1)S(=O)(=O)C=C2CN1CCCCCC1. The molecule has 0 unspecified atom stereocenters. The average Bonchev–Trinajstić information content (AvgIpc) is 2.59. The second-order valence-electron chi connectivity index (χ2n) is 5.63. The van der Waals surface area contributed by atoms with Crippen molar-refractivity contribution in [2.45, 2.75) is 30.6 Å². The summed E-state index contributed by atoms with van der Waals surface area (Å²) in [7, 11) is -3.31. The number of anilines is 1. The molecule has 0 aliphatic carbocycles. The largest absolute Gasteiger partial charge is 0.399 e. The lowest BCUT2D eigenvalue weighted by Crippen LogP contribution is -2.26. The summed E-state index contributed by atoms with van der Waals surface area (Å²) in [6.45, 7) is 2.83. The van der Waals surface area contributed by atoms with Crippen LogP contribution in [0.1, 0.15) is 31.2 Å². The highest BCUT2D eigenvalue weighted by Gasteiger charge is 2.28. The molecular formula is C15H20N2O2S. The predicted molar refractivity (Wildman–Crippen MR) is 80.9 cm³/mol. The Labute approximate surface area is 120 Å². The maximum Gasteiger partial charge on any atom is 0.200 e. The highest BCUT2D eigenvalue weighted by atomic mass is 32.2. The van der Waals surface area contributed by atoms with Crippen molar-refractivity contribution in [2.75, 3.05) is 25.4 Å². The number of nitrogens with two attached hydrogens (primary N) is 1. The molecule has 4 nitrogen and oxygen atoms in total. The molecular weight excluding hydrogens is 272 g/mol. The highest BCUT2D eigenvalue weighted by molar-refractivity contribution is 7.95. The molecule has 108 valence electrons. The van der Waals surface area contributed by atoms with E-state index in [-0.39, 0.29) is 0 Å². The first kappa shape index (κ1) is 13.6. The van der Waals surface area contributed by atoms with E-state index in [0.29, 0.717) is 10.6 Å². The lowest BCUT2D eigenvalue weighted by molar-refractivity contribution is 0.320. The van der Waals surface area contributed by atoms with Crippen molar-refractivity contribution in [1.82, 2.24) is 4.90 Å². The van der Waals surface area contributed by atoms with E-state index in [1.807, 2.05) is 6.07 Å². The van der Waals surface area contributed by atoms with Gasteiger partial charge in [-0.1, -0.05) is 18.9 Å². The van der Waals surface area contributed by atoms with Gasteiger partial charge in [0, 0.05) is 17.6 Å². The van der Waals surface area contributed by atoms with E-state index in [1.54, 1.807) is 12.1 Å². The molecule has 2 heterocycles. The minimum absolute atomic E-state index is 0.363. The minimum atomic E-state index is -3.31. The Morgan fingerprint density at radius 2 is 1.80 bits per heavy atom. The van der Waals surface area contributed by atoms with Gasteiger partial charge in [0.05, 0.1) is 4.90 Å². The van der Waals surface area contributed by atoms with Crippen LogP contribution >= 0.6 is 0 Å². The molecule has 1 saturated heterocycles. The summed E-state index contributed by atoms with van der Waals surface area (Å²) in [5.74, 6) is 0. The molecule has 0 atom stereocenters. The van der Waals surface area contributed by atoms with E-state index in [9.17, 15) is 8.42 Å². The number of hydrogen-bond acceptors (Lipinski definition) is 4. The number of likely N-dealkylation sites (tertiary alicyclic amines) is 1. The Morgan fingerprint density at radius 3 is 2.50 bits per heavy atom. The summed E-state index contributed by atoms with van der Waals surface area (Å²) in [6.07, 6.45) is 4.96. The van der Waals surface area contributed by atoms with Gasteiger partial charge in [-0.05, 0) is 49.2 Å². The van der Waals surface area contributed by atoms with Crippen LogP contribution in [0.15, 0.2) is 28.5 Å². The number of hydrogen-bond donors (Lipinski definition) is 1. The van der Waals surface area contributed by atoms with Crippen molar-refractivity contribution in [1.29, 1.82) is 0 Å². The van der Waals surface area contributed by atoms with Crippen LogP contribution in [0.4, 0.5) is 5.69 Å². The summed E-state index contributed by atoms with van der Waals surface area (Å²) < 4.78 is 24.3. The molecule has 1 aromatic rings. The average molecular weight is 292 g/mol. The molecule has 1 fully saturated rings. The Morgan fingerprint density at radius 1 is 1.10 bits per heavy atom. The number of rotatable bonds is 2. The van der Waals surface area contributed by atoms with Crippen molar-refractivity contribution in [3.8, 4) is 0 Å². The van der Waals surface area contributed by atoms with Gasteiger partial charge in [-0.3, -0.25) is 4.90 Å². The molecule has 2 N–H and O–H groups in total. The van der Waals surface area contributed by atoms with Crippen molar-refractivity contribution in [2.24, 2.45) is 0 Å². The standard InChI is InChI=1S/C15H20N2O2S/c16-13-5-6-14-12(11-20(18,19)15(14)9-13)10-17-7-3-1-2-4-8-17/h5-6,9,11H,1-4,7-8,10,16H2. The van der Waals surface area contributed by atoms with Crippen molar-refractivity contribution < 1.29 is 8.42 Å². The van der Waals surface area contributed by atoms with Crippen LogP contribution in [0, 0.1) is 0 Å². The van der Waals surface area contributed by atoms with E-state index < -0.39 is 9.84 Å². The summed E-state index contributed by atoms with van der Waals surface area (Å²) in [5.41, 5.74) is 7.93. The summed E-state index contributed by atoms with van der Waals surface area (Å²) in [4.78, 5) is 2.72. The maximum atomic E-state index is 12.2. The summed E-state index contributed by atoms with van der Waals surface area (Å²) in [6, 6.07) is 5.17. The zero-order chi connectivity index (χ0) is 14.2. The maximum absolute atomic E-state index is 12.2. The number of nitrogen functional groups attached to an aromatic ring is 1. The van der Waals surface area contributed by atoms with Crippen LogP contribution in [0.3, 0.4) is 0 Å². The Bertz CT molecular complexity index is 642. The number of fused-ring (bicyclic) bond motifs is 1. The third kappa shape index (κ3) is 2.60. The van der Waals surface area contributed by atoms with Gasteiger partial charge in [-0.2, -0.15) is 0 Å². The van der Waals surface area contributed by atoms with E-state index in [0.717, 1.165) is 30.8 Å². The van der Waals surface area contributed by atoms with Gasteiger partial charge < -0.3 is 5.73 Å². The number of nitrogens with zero attached hydrogens (tertiary/aromatic N) is 1. The fourth-order valence-electron chi connectivity index (χ4n) is 3.01. The van der Waals surface area contributed by atoms with Gasteiger partial charge in [0.15, 0.2) is 0 Å². The van der Waals surface area contributed by atoms with Crippen LogP contribution in [-0.4, -0.2) is 33.0 Å². The molecule has 0 saturated carbocycles. The van der Waals surface area contributed by atoms with E-state index in [1.165, 1.54) is 31.1 Å². The molecule has 0 spiro atoms. The first-order valence-electron chi connectivity index (χ1n) is 7.14. The third-order valence-corrected chi connectivity index (χ3v) is 5.59. The van der Waals surface area contributed by atoms with Crippen LogP contribution < -0.4 is 5.73 Å². The predicted octanol–water partition coefficient (Wildman–Crippen LogP) is 2.27. The topological polar surface area (TPSA) is 63.4 Å². The Hall–Kier alpha value is -1.33. The molecule has 1 aromatic carbocycles. The minimum Gasteiger partial charge on any atom is -0.399 e. The quantitative estimate of drug-likeness (QED) is 0.849. The Kier molecular flexibility index (Phi) is 3.56. The smallest absolute Gasteiger partial charge is 0.200 e. The second-order valence-corrected chi connectivity index (χ2v) is 7.40. The van der Waals surface area contributed by atoms with Gasteiger partial charge in [0.25, 0.3) is 0 Å². The van der Waals surface area contributed by atoms with Gasteiger partial charge >= 0.3 is 0 Å². The molecule has 2 aliphatic rings. The molecule has 0 aromatic heterocycles. The third-order valence-electron chi connectivity index (χ3n) is 4.05. The van der Waals surface area contributed by atoms with Gasteiger partial charge in [-0.15, -0.1) is 0 Å². The zero-order valence-corrected chi connectivity index (χ0v) is 12.3. The molecule has 3 rings (SSSR count). The number of benzene rings is 1. The highest BCUT2D eigenvalue weighted by Crippen LogP contribution is 2.35. The monoisotopic (exact) mass is 292 g/mol. The molecule has 5 heteroatoms. The molecule has 0 bridgehead atoms. The molecule has 2 aliphatic heterocycles. The van der Waals surface area contributed by atoms with Crippen LogP contribution in [-0.2, 0) is 9.84 Å². The van der Waals surface area contributed by atoms with E-state index in [2.05, 4.69) is 4.90 Å². The first-order chi connectivity index (χ1) is 9.56. The second kappa shape index (κ2) is 5.22. The first-order valence-corrected chi connectivity index (χ1v) is 8.69. The fraction of sp³-hybridized carbons (Fsp3) is 0.467. The molecule has 20 heavy (non-hydrogen) atoms. The van der Waals surface area contributed by atoms with E-state index >= 15 is 0 Å². The van der Waals surface area contributed by atoms with Gasteiger partial charge in [-0.25, -0.2) is 8.42 Å². The lowest BCUT2D eigenvalue weighted by Gasteiger charge is -2.20. The number of sulfone groups is 1. The fourth-order valence-corrected chi connectivity index (χ4v) is 4.52. The van der Waals surface area contributed by atoms with Crippen LogP contribution in [0.25, 0.3) is 5.57 Å². The van der Waals surface area contributed by atoms with Crippen molar-refractivity contribution in [3.05, 3.63) is 29.2 Å². The lowest BCUT2D eigenvalue weighted by atomic mass is 10.1. The zero-order valence-electron chi connectivity index (χ0n) is 11.5. The van der Waals surface area contributed by atoms with Crippen LogP contribution in [0.5, 0.6) is 0 Å². The normalized spacial score (nSPS) is 22.1. The summed E-state index contributed by atoms with van der Waals surface area (Å²) >= 11 is 0.